The van der Waals surface area contributed by atoms with Gasteiger partial charge in [-0.25, -0.2) is 4.98 Å². The SMILES string of the molecule is Cc1ccc(C)c(C(=O)N(Cc2ccccc2)c2nc3c(C(C)C)cccc3s2)c1. The fourth-order valence-electron chi connectivity index (χ4n) is 3.64. The maximum Gasteiger partial charge on any atom is 0.260 e. The van der Waals surface area contributed by atoms with Gasteiger partial charge in [-0.05, 0) is 48.6 Å². The molecule has 1 heterocycles. The number of hydrogen-bond donors (Lipinski definition) is 0. The third-order valence-corrected chi connectivity index (χ3v) is 6.39. The van der Waals surface area contributed by atoms with Crippen LogP contribution in [0.3, 0.4) is 0 Å². The van der Waals surface area contributed by atoms with Gasteiger partial charge in [0.1, 0.15) is 0 Å². The van der Waals surface area contributed by atoms with Crippen LogP contribution in [0.4, 0.5) is 5.13 Å². The molecule has 1 amide bonds. The largest absolute Gasteiger partial charge is 0.279 e. The van der Waals surface area contributed by atoms with Gasteiger partial charge in [0.15, 0.2) is 5.13 Å². The van der Waals surface area contributed by atoms with E-state index in [-0.39, 0.29) is 5.91 Å². The van der Waals surface area contributed by atoms with Crippen molar-refractivity contribution in [1.29, 1.82) is 0 Å². The molecule has 30 heavy (non-hydrogen) atoms. The number of benzene rings is 3. The topological polar surface area (TPSA) is 33.2 Å². The standard InChI is InChI=1S/C26H26N2OS/c1-17(2)21-11-8-12-23-24(21)27-26(30-23)28(16-20-9-6-5-7-10-20)25(29)22-15-18(3)13-14-19(22)4/h5-15,17H,16H2,1-4H3. The molecule has 0 atom stereocenters. The van der Waals surface area contributed by atoms with E-state index in [2.05, 4.69) is 44.2 Å². The first-order valence-electron chi connectivity index (χ1n) is 10.3. The number of hydrogen-bond acceptors (Lipinski definition) is 3. The summed E-state index contributed by atoms with van der Waals surface area (Å²) in [6, 6.07) is 22.4. The molecule has 152 valence electrons. The Balaban J connectivity index is 1.83. The molecule has 0 unspecified atom stereocenters. The normalized spacial score (nSPS) is 11.2. The number of rotatable bonds is 5. The van der Waals surface area contributed by atoms with E-state index in [1.807, 2.05) is 55.1 Å². The molecule has 4 heteroatoms. The third-order valence-electron chi connectivity index (χ3n) is 5.34. The van der Waals surface area contributed by atoms with Crippen molar-refractivity contribution in [3.63, 3.8) is 0 Å². The zero-order chi connectivity index (χ0) is 21.3. The maximum atomic E-state index is 13.7. The number of thiazole rings is 1. The molecule has 4 aromatic rings. The summed E-state index contributed by atoms with van der Waals surface area (Å²) in [5.74, 6) is 0.367. The highest BCUT2D eigenvalue weighted by molar-refractivity contribution is 7.22. The predicted molar refractivity (Wildman–Crippen MR) is 127 cm³/mol. The molecule has 0 N–H and O–H groups in total. The molecule has 3 aromatic carbocycles. The van der Waals surface area contributed by atoms with Crippen molar-refractivity contribution in [2.45, 2.75) is 40.2 Å². The fourth-order valence-corrected chi connectivity index (χ4v) is 4.64. The maximum absolute atomic E-state index is 13.7. The van der Waals surface area contributed by atoms with Gasteiger partial charge in [0, 0.05) is 5.56 Å². The van der Waals surface area contributed by atoms with Gasteiger partial charge in [-0.15, -0.1) is 0 Å². The van der Waals surface area contributed by atoms with Crippen molar-refractivity contribution in [1.82, 2.24) is 4.98 Å². The van der Waals surface area contributed by atoms with Crippen LogP contribution in [0.25, 0.3) is 10.2 Å². The van der Waals surface area contributed by atoms with Crippen LogP contribution in [0.15, 0.2) is 66.7 Å². The highest BCUT2D eigenvalue weighted by Crippen LogP contribution is 2.35. The first kappa shape index (κ1) is 20.3. The summed E-state index contributed by atoms with van der Waals surface area (Å²) in [5.41, 5.74) is 6.09. The number of fused-ring (bicyclic) bond motifs is 1. The van der Waals surface area contributed by atoms with Crippen LogP contribution >= 0.6 is 11.3 Å². The van der Waals surface area contributed by atoms with Gasteiger partial charge in [-0.1, -0.05) is 85.3 Å². The van der Waals surface area contributed by atoms with Crippen LogP contribution in [0.5, 0.6) is 0 Å². The summed E-state index contributed by atoms with van der Waals surface area (Å²) in [6.45, 7) is 8.85. The molecule has 0 aliphatic carbocycles. The Morgan fingerprint density at radius 3 is 2.50 bits per heavy atom. The molecule has 0 saturated heterocycles. The first-order chi connectivity index (χ1) is 14.4. The van der Waals surface area contributed by atoms with Crippen molar-refractivity contribution in [3.8, 4) is 0 Å². The number of anilines is 1. The van der Waals surface area contributed by atoms with E-state index in [9.17, 15) is 4.79 Å². The number of para-hydroxylation sites is 1. The number of aromatic nitrogens is 1. The monoisotopic (exact) mass is 414 g/mol. The fraction of sp³-hybridized carbons (Fsp3) is 0.231. The van der Waals surface area contributed by atoms with E-state index in [0.717, 1.165) is 37.6 Å². The van der Waals surface area contributed by atoms with Gasteiger partial charge < -0.3 is 0 Å². The highest BCUT2D eigenvalue weighted by atomic mass is 32.1. The number of aryl methyl sites for hydroxylation is 2. The first-order valence-corrected chi connectivity index (χ1v) is 11.1. The smallest absolute Gasteiger partial charge is 0.260 e. The lowest BCUT2D eigenvalue weighted by molar-refractivity contribution is 0.0984. The van der Waals surface area contributed by atoms with Gasteiger partial charge in [0.25, 0.3) is 5.91 Å². The third kappa shape index (κ3) is 4.01. The molecule has 1 aromatic heterocycles. The van der Waals surface area contributed by atoms with Crippen molar-refractivity contribution in [2.24, 2.45) is 0 Å². The highest BCUT2D eigenvalue weighted by Gasteiger charge is 2.24. The molecular weight excluding hydrogens is 388 g/mol. The zero-order valence-corrected chi connectivity index (χ0v) is 18.7. The summed E-state index contributed by atoms with van der Waals surface area (Å²) in [5, 5.41) is 0.743. The minimum atomic E-state index is -0.00907. The second kappa shape index (κ2) is 8.41. The van der Waals surface area contributed by atoms with E-state index in [1.54, 1.807) is 11.3 Å². The summed E-state index contributed by atoms with van der Waals surface area (Å²) in [7, 11) is 0. The van der Waals surface area contributed by atoms with Gasteiger partial charge >= 0.3 is 0 Å². The van der Waals surface area contributed by atoms with Crippen molar-refractivity contribution in [2.75, 3.05) is 4.90 Å². The molecule has 0 aliphatic rings. The quantitative estimate of drug-likeness (QED) is 0.356. The minimum absolute atomic E-state index is 0.00907. The Kier molecular flexibility index (Phi) is 5.69. The number of amides is 1. The van der Waals surface area contributed by atoms with Crippen LogP contribution in [-0.2, 0) is 6.54 Å². The van der Waals surface area contributed by atoms with Crippen molar-refractivity contribution >= 4 is 32.6 Å². The Morgan fingerprint density at radius 1 is 1.00 bits per heavy atom. The summed E-state index contributed by atoms with van der Waals surface area (Å²) in [6.07, 6.45) is 0. The average Bonchev–Trinajstić information content (AvgIpc) is 3.17. The van der Waals surface area contributed by atoms with Gasteiger partial charge in [-0.2, -0.15) is 0 Å². The zero-order valence-electron chi connectivity index (χ0n) is 17.8. The number of nitrogens with zero attached hydrogens (tertiary/aromatic N) is 2. The second-order valence-corrected chi connectivity index (χ2v) is 9.05. The van der Waals surface area contributed by atoms with E-state index >= 15 is 0 Å². The molecule has 0 bridgehead atoms. The van der Waals surface area contributed by atoms with Gasteiger partial charge in [0.2, 0.25) is 0 Å². The molecular formula is C26H26N2OS. The lowest BCUT2D eigenvalue weighted by Gasteiger charge is -2.21. The minimum Gasteiger partial charge on any atom is -0.279 e. The number of carbonyl (C=O) groups excluding carboxylic acids is 1. The van der Waals surface area contributed by atoms with E-state index in [1.165, 1.54) is 5.56 Å². The lowest BCUT2D eigenvalue weighted by atomic mass is 10.0. The Bertz CT molecular complexity index is 1190. The van der Waals surface area contributed by atoms with Crippen LogP contribution in [0.1, 0.15) is 52.4 Å². The molecule has 0 spiro atoms. The Morgan fingerprint density at radius 2 is 1.77 bits per heavy atom. The van der Waals surface area contributed by atoms with Crippen molar-refractivity contribution < 1.29 is 4.79 Å². The molecule has 0 saturated carbocycles. The van der Waals surface area contributed by atoms with Crippen LogP contribution in [0, 0.1) is 13.8 Å². The van der Waals surface area contributed by atoms with E-state index in [0.29, 0.717) is 12.5 Å². The molecule has 0 radical (unpaired) electrons. The molecule has 0 fully saturated rings. The Hall–Kier alpha value is -2.98. The van der Waals surface area contributed by atoms with Crippen LogP contribution in [-0.4, -0.2) is 10.9 Å². The summed E-state index contributed by atoms with van der Waals surface area (Å²) >= 11 is 1.58. The van der Waals surface area contributed by atoms with Gasteiger partial charge in [-0.3, -0.25) is 9.69 Å². The average molecular weight is 415 g/mol. The van der Waals surface area contributed by atoms with Crippen LogP contribution in [0.2, 0.25) is 0 Å². The van der Waals surface area contributed by atoms with E-state index < -0.39 is 0 Å². The number of carbonyl (C=O) groups is 1. The van der Waals surface area contributed by atoms with Crippen LogP contribution < -0.4 is 4.90 Å². The van der Waals surface area contributed by atoms with Gasteiger partial charge in [0.05, 0.1) is 16.8 Å². The molecule has 3 nitrogen and oxygen atoms in total. The molecule has 0 aliphatic heterocycles. The van der Waals surface area contributed by atoms with E-state index in [4.69, 9.17) is 4.98 Å². The van der Waals surface area contributed by atoms with Crippen molar-refractivity contribution in [3.05, 3.63) is 94.5 Å². The predicted octanol–water partition coefficient (Wildman–Crippen LogP) is 6.88. The summed E-state index contributed by atoms with van der Waals surface area (Å²) in [4.78, 5) is 20.5. The Labute approximate surface area is 182 Å². The summed E-state index contributed by atoms with van der Waals surface area (Å²) < 4.78 is 1.11. The second-order valence-electron chi connectivity index (χ2n) is 8.04. The lowest BCUT2D eigenvalue weighted by Crippen LogP contribution is -2.31. The molecule has 4 rings (SSSR count).